The van der Waals surface area contributed by atoms with Crippen LogP contribution >= 0.6 is 11.8 Å². The molecule has 0 atom stereocenters. The van der Waals surface area contributed by atoms with Gasteiger partial charge in [0.15, 0.2) is 0 Å². The van der Waals surface area contributed by atoms with Crippen LogP contribution in [0.2, 0.25) is 0 Å². The summed E-state index contributed by atoms with van der Waals surface area (Å²) in [5.41, 5.74) is 1.58. The molecular weight excluding hydrogens is 220 g/mol. The van der Waals surface area contributed by atoms with Crippen molar-refractivity contribution in [1.29, 1.82) is 0 Å². The van der Waals surface area contributed by atoms with Crippen molar-refractivity contribution in [2.75, 3.05) is 6.26 Å². The molecule has 0 aliphatic heterocycles. The Hall–Kier alpha value is -0.960. The SMILES string of the molecule is CSc1ccc(CC(C)(C)C(=O)O)c(C)c1. The van der Waals surface area contributed by atoms with E-state index in [1.807, 2.05) is 25.3 Å². The van der Waals surface area contributed by atoms with E-state index >= 15 is 0 Å². The van der Waals surface area contributed by atoms with Gasteiger partial charge in [-0.05, 0) is 56.7 Å². The van der Waals surface area contributed by atoms with Crippen molar-refractivity contribution in [3.63, 3.8) is 0 Å². The first-order chi connectivity index (χ1) is 7.36. The molecule has 0 unspecified atom stereocenters. The van der Waals surface area contributed by atoms with Crippen molar-refractivity contribution in [2.45, 2.75) is 32.1 Å². The molecule has 0 spiro atoms. The maximum absolute atomic E-state index is 11.1. The molecule has 88 valence electrons. The minimum absolute atomic E-state index is 0.572. The highest BCUT2D eigenvalue weighted by Crippen LogP contribution is 2.26. The third kappa shape index (κ3) is 3.01. The number of rotatable bonds is 4. The van der Waals surface area contributed by atoms with E-state index in [2.05, 4.69) is 6.07 Å². The molecule has 1 N–H and O–H groups in total. The molecule has 0 radical (unpaired) electrons. The molecule has 0 aromatic heterocycles. The fourth-order valence-corrected chi connectivity index (χ4v) is 2.04. The molecule has 3 heteroatoms. The van der Waals surface area contributed by atoms with Gasteiger partial charge in [-0.15, -0.1) is 11.8 Å². The first kappa shape index (κ1) is 13.1. The third-order valence-electron chi connectivity index (χ3n) is 2.76. The molecule has 0 bridgehead atoms. The number of hydrogen-bond acceptors (Lipinski definition) is 2. The van der Waals surface area contributed by atoms with Crippen LogP contribution in [0, 0.1) is 12.3 Å². The van der Waals surface area contributed by atoms with Gasteiger partial charge >= 0.3 is 5.97 Å². The van der Waals surface area contributed by atoms with Crippen molar-refractivity contribution >= 4 is 17.7 Å². The topological polar surface area (TPSA) is 37.3 Å². The Kier molecular flexibility index (Phi) is 4.03. The van der Waals surface area contributed by atoms with E-state index in [4.69, 9.17) is 5.11 Å². The summed E-state index contributed by atoms with van der Waals surface area (Å²) in [5, 5.41) is 9.09. The average molecular weight is 238 g/mol. The number of carbonyl (C=O) groups is 1. The number of thioether (sulfide) groups is 1. The molecule has 1 aromatic rings. The van der Waals surface area contributed by atoms with E-state index in [0.29, 0.717) is 6.42 Å². The highest BCUT2D eigenvalue weighted by molar-refractivity contribution is 7.98. The van der Waals surface area contributed by atoms with E-state index in [1.165, 1.54) is 10.5 Å². The maximum Gasteiger partial charge on any atom is 0.309 e. The lowest BCUT2D eigenvalue weighted by Gasteiger charge is -2.20. The smallest absolute Gasteiger partial charge is 0.309 e. The summed E-state index contributed by atoms with van der Waals surface area (Å²) in [6, 6.07) is 6.19. The zero-order valence-electron chi connectivity index (χ0n) is 10.2. The summed E-state index contributed by atoms with van der Waals surface area (Å²) in [7, 11) is 0. The van der Waals surface area contributed by atoms with Crippen LogP contribution < -0.4 is 0 Å². The zero-order chi connectivity index (χ0) is 12.3. The molecule has 0 saturated carbocycles. The minimum atomic E-state index is -0.749. The Balaban J connectivity index is 2.94. The van der Waals surface area contributed by atoms with Gasteiger partial charge in [0, 0.05) is 4.90 Å². The first-order valence-corrected chi connectivity index (χ1v) is 6.46. The molecule has 2 nitrogen and oxygen atoms in total. The molecule has 1 aromatic carbocycles. The number of hydrogen-bond donors (Lipinski definition) is 1. The van der Waals surface area contributed by atoms with E-state index in [1.54, 1.807) is 25.6 Å². The van der Waals surface area contributed by atoms with Gasteiger partial charge in [-0.25, -0.2) is 0 Å². The summed E-state index contributed by atoms with van der Waals surface area (Å²) in [6.07, 6.45) is 2.61. The van der Waals surface area contributed by atoms with Crippen LogP contribution in [-0.4, -0.2) is 17.3 Å². The third-order valence-corrected chi connectivity index (χ3v) is 3.49. The summed E-state index contributed by atoms with van der Waals surface area (Å²) < 4.78 is 0. The lowest BCUT2D eigenvalue weighted by molar-refractivity contribution is -0.146. The molecule has 0 fully saturated rings. The Morgan fingerprint density at radius 2 is 2.06 bits per heavy atom. The van der Waals surface area contributed by atoms with E-state index in [-0.39, 0.29) is 0 Å². The lowest BCUT2D eigenvalue weighted by atomic mass is 9.84. The Morgan fingerprint density at radius 1 is 1.44 bits per heavy atom. The molecule has 0 aliphatic rings. The lowest BCUT2D eigenvalue weighted by Crippen LogP contribution is -2.26. The van der Waals surface area contributed by atoms with E-state index < -0.39 is 11.4 Å². The normalized spacial score (nSPS) is 11.5. The Bertz CT molecular complexity index is 397. The van der Waals surface area contributed by atoms with Gasteiger partial charge < -0.3 is 5.11 Å². The highest BCUT2D eigenvalue weighted by atomic mass is 32.2. The standard InChI is InChI=1S/C13H18O2S/c1-9-7-11(16-4)6-5-10(9)8-13(2,3)12(14)15/h5-7H,8H2,1-4H3,(H,14,15). The molecule has 16 heavy (non-hydrogen) atoms. The number of aryl methyl sites for hydroxylation is 1. The number of carboxylic acids is 1. The van der Waals surface area contributed by atoms with Crippen molar-refractivity contribution in [3.05, 3.63) is 29.3 Å². The molecule has 1 rings (SSSR count). The van der Waals surface area contributed by atoms with E-state index in [0.717, 1.165) is 5.56 Å². The summed E-state index contributed by atoms with van der Waals surface area (Å²) in [4.78, 5) is 12.3. The zero-order valence-corrected chi connectivity index (χ0v) is 11.0. The van der Waals surface area contributed by atoms with Crippen LogP contribution in [0.4, 0.5) is 0 Å². The van der Waals surface area contributed by atoms with Gasteiger partial charge in [0.1, 0.15) is 0 Å². The molecule has 0 saturated heterocycles. The maximum atomic E-state index is 11.1. The van der Waals surface area contributed by atoms with Crippen LogP contribution in [0.3, 0.4) is 0 Å². The van der Waals surface area contributed by atoms with Crippen molar-refractivity contribution in [3.8, 4) is 0 Å². The minimum Gasteiger partial charge on any atom is -0.481 e. The monoisotopic (exact) mass is 238 g/mol. The van der Waals surface area contributed by atoms with Crippen molar-refractivity contribution in [2.24, 2.45) is 5.41 Å². The van der Waals surface area contributed by atoms with Gasteiger partial charge in [-0.2, -0.15) is 0 Å². The first-order valence-electron chi connectivity index (χ1n) is 5.24. The Morgan fingerprint density at radius 3 is 2.50 bits per heavy atom. The van der Waals surface area contributed by atoms with Crippen LogP contribution in [0.5, 0.6) is 0 Å². The fourth-order valence-electron chi connectivity index (χ4n) is 1.55. The summed E-state index contributed by atoms with van der Waals surface area (Å²) in [6.45, 7) is 5.56. The quantitative estimate of drug-likeness (QED) is 0.817. The number of aliphatic carboxylic acids is 1. The van der Waals surface area contributed by atoms with E-state index in [9.17, 15) is 4.79 Å². The van der Waals surface area contributed by atoms with Crippen LogP contribution in [0.25, 0.3) is 0 Å². The van der Waals surface area contributed by atoms with Crippen LogP contribution in [0.1, 0.15) is 25.0 Å². The fraction of sp³-hybridized carbons (Fsp3) is 0.462. The predicted molar refractivity (Wildman–Crippen MR) is 68.1 cm³/mol. The molecular formula is C13H18O2S. The second kappa shape index (κ2) is 4.91. The second-order valence-corrected chi connectivity index (χ2v) is 5.54. The average Bonchev–Trinajstić information content (AvgIpc) is 2.20. The summed E-state index contributed by atoms with van der Waals surface area (Å²) >= 11 is 1.70. The van der Waals surface area contributed by atoms with Gasteiger partial charge in [-0.3, -0.25) is 4.79 Å². The van der Waals surface area contributed by atoms with Gasteiger partial charge in [0.2, 0.25) is 0 Å². The second-order valence-electron chi connectivity index (χ2n) is 4.66. The molecule has 0 heterocycles. The summed E-state index contributed by atoms with van der Waals surface area (Å²) in [5.74, 6) is -0.749. The van der Waals surface area contributed by atoms with Crippen molar-refractivity contribution < 1.29 is 9.90 Å². The number of benzene rings is 1. The molecule has 0 amide bonds. The van der Waals surface area contributed by atoms with Gasteiger partial charge in [-0.1, -0.05) is 6.07 Å². The molecule has 0 aliphatic carbocycles. The van der Waals surface area contributed by atoms with Crippen LogP contribution in [-0.2, 0) is 11.2 Å². The largest absolute Gasteiger partial charge is 0.481 e. The van der Waals surface area contributed by atoms with Crippen LogP contribution in [0.15, 0.2) is 23.1 Å². The van der Waals surface area contributed by atoms with Gasteiger partial charge in [0.25, 0.3) is 0 Å². The van der Waals surface area contributed by atoms with Crippen molar-refractivity contribution in [1.82, 2.24) is 0 Å². The predicted octanol–water partition coefficient (Wildman–Crippen LogP) is 3.37. The van der Waals surface area contributed by atoms with Gasteiger partial charge in [0.05, 0.1) is 5.41 Å². The Labute approximate surface area is 101 Å². The number of carboxylic acid groups (broad SMARTS) is 1. The highest BCUT2D eigenvalue weighted by Gasteiger charge is 2.27.